The Balaban J connectivity index is 2.61. The standard InChI is InChI=1S/C12H20N2O4/c1-11(2,8(15)13-3)7-14-9(16)12(10(17)18)5-4-6-12/h4-7H2,1-3H3,(H,13,15)(H,14,16)(H,17,18). The van der Waals surface area contributed by atoms with Crippen molar-refractivity contribution in [1.29, 1.82) is 0 Å². The molecule has 3 N–H and O–H groups in total. The summed E-state index contributed by atoms with van der Waals surface area (Å²) in [5.74, 6) is -1.76. The van der Waals surface area contributed by atoms with Crippen molar-refractivity contribution >= 4 is 17.8 Å². The minimum absolute atomic E-state index is 0.126. The zero-order valence-corrected chi connectivity index (χ0v) is 11.0. The van der Waals surface area contributed by atoms with E-state index in [1.807, 2.05) is 0 Å². The summed E-state index contributed by atoms with van der Waals surface area (Å²) < 4.78 is 0. The van der Waals surface area contributed by atoms with Crippen LogP contribution in [0.5, 0.6) is 0 Å². The number of carbonyl (C=O) groups is 3. The average Bonchev–Trinajstić information content (AvgIpc) is 2.23. The lowest BCUT2D eigenvalue weighted by Crippen LogP contribution is -2.54. The van der Waals surface area contributed by atoms with E-state index in [4.69, 9.17) is 5.11 Å². The van der Waals surface area contributed by atoms with Crippen LogP contribution in [0.15, 0.2) is 0 Å². The van der Waals surface area contributed by atoms with E-state index in [2.05, 4.69) is 10.6 Å². The lowest BCUT2D eigenvalue weighted by atomic mass is 9.68. The Hall–Kier alpha value is -1.59. The zero-order chi connectivity index (χ0) is 14.0. The van der Waals surface area contributed by atoms with Crippen LogP contribution < -0.4 is 10.6 Å². The second kappa shape index (κ2) is 4.96. The summed E-state index contributed by atoms with van der Waals surface area (Å²) in [5, 5.41) is 14.2. The van der Waals surface area contributed by atoms with Gasteiger partial charge in [0.25, 0.3) is 0 Å². The Morgan fingerprint density at radius 2 is 1.83 bits per heavy atom. The maximum atomic E-state index is 11.9. The summed E-state index contributed by atoms with van der Waals surface area (Å²) in [7, 11) is 1.52. The highest BCUT2D eigenvalue weighted by atomic mass is 16.4. The molecule has 6 heteroatoms. The molecule has 0 aromatic carbocycles. The van der Waals surface area contributed by atoms with Gasteiger partial charge in [-0.15, -0.1) is 0 Å². The third kappa shape index (κ3) is 2.47. The molecule has 0 aliphatic heterocycles. The normalized spacial score (nSPS) is 17.5. The molecule has 1 rings (SSSR count). The molecular weight excluding hydrogens is 236 g/mol. The molecule has 6 nitrogen and oxygen atoms in total. The first-order valence-electron chi connectivity index (χ1n) is 6.00. The number of carboxylic acid groups (broad SMARTS) is 1. The first-order valence-corrected chi connectivity index (χ1v) is 6.00. The van der Waals surface area contributed by atoms with E-state index in [0.717, 1.165) is 6.42 Å². The quantitative estimate of drug-likeness (QED) is 0.609. The lowest BCUT2D eigenvalue weighted by molar-refractivity contribution is -0.162. The Morgan fingerprint density at radius 1 is 1.28 bits per heavy atom. The van der Waals surface area contributed by atoms with Gasteiger partial charge in [0, 0.05) is 13.6 Å². The Labute approximate surface area is 106 Å². The maximum absolute atomic E-state index is 11.9. The van der Waals surface area contributed by atoms with Crippen LogP contribution in [0.4, 0.5) is 0 Å². The number of carboxylic acids is 1. The summed E-state index contributed by atoms with van der Waals surface area (Å²) in [6, 6.07) is 0. The summed E-state index contributed by atoms with van der Waals surface area (Å²) in [4.78, 5) is 34.6. The molecule has 0 bridgehead atoms. The fraction of sp³-hybridized carbons (Fsp3) is 0.750. The Morgan fingerprint density at radius 3 is 2.17 bits per heavy atom. The van der Waals surface area contributed by atoms with E-state index in [-0.39, 0.29) is 12.5 Å². The molecule has 0 heterocycles. The van der Waals surface area contributed by atoms with Gasteiger partial charge in [-0.25, -0.2) is 0 Å². The van der Waals surface area contributed by atoms with Crippen LogP contribution in [0, 0.1) is 10.8 Å². The minimum Gasteiger partial charge on any atom is -0.480 e. The van der Waals surface area contributed by atoms with Crippen molar-refractivity contribution in [1.82, 2.24) is 10.6 Å². The highest BCUT2D eigenvalue weighted by molar-refractivity contribution is 6.03. The SMILES string of the molecule is CNC(=O)C(C)(C)CNC(=O)C1(C(=O)O)CCC1. The lowest BCUT2D eigenvalue weighted by Gasteiger charge is -2.36. The van der Waals surface area contributed by atoms with Gasteiger partial charge in [0.2, 0.25) is 11.8 Å². The topological polar surface area (TPSA) is 95.5 Å². The van der Waals surface area contributed by atoms with E-state index in [1.165, 1.54) is 7.05 Å². The van der Waals surface area contributed by atoms with Crippen molar-refractivity contribution in [2.45, 2.75) is 33.1 Å². The number of amides is 2. The number of aliphatic carboxylic acids is 1. The van der Waals surface area contributed by atoms with Crippen molar-refractivity contribution in [3.05, 3.63) is 0 Å². The summed E-state index contributed by atoms with van der Waals surface area (Å²) >= 11 is 0. The van der Waals surface area contributed by atoms with Gasteiger partial charge in [-0.05, 0) is 26.7 Å². The molecule has 18 heavy (non-hydrogen) atoms. The smallest absolute Gasteiger partial charge is 0.319 e. The highest BCUT2D eigenvalue weighted by Gasteiger charge is 2.51. The molecule has 0 saturated heterocycles. The summed E-state index contributed by atoms with van der Waals surface area (Å²) in [6.45, 7) is 3.52. The first-order chi connectivity index (χ1) is 8.26. The molecule has 1 aliphatic carbocycles. The average molecular weight is 256 g/mol. The third-order valence-corrected chi connectivity index (χ3v) is 3.58. The second-order valence-electron chi connectivity index (χ2n) is 5.39. The van der Waals surface area contributed by atoms with E-state index < -0.39 is 22.7 Å². The van der Waals surface area contributed by atoms with Gasteiger partial charge in [0.15, 0.2) is 0 Å². The number of hydrogen-bond donors (Lipinski definition) is 3. The van der Waals surface area contributed by atoms with Crippen molar-refractivity contribution in [3.63, 3.8) is 0 Å². The Kier molecular flexibility index (Phi) is 3.98. The molecule has 0 unspecified atom stereocenters. The fourth-order valence-electron chi connectivity index (χ4n) is 1.96. The van der Waals surface area contributed by atoms with Crippen LogP contribution in [0.2, 0.25) is 0 Å². The largest absolute Gasteiger partial charge is 0.480 e. The van der Waals surface area contributed by atoms with Crippen LogP contribution in [-0.2, 0) is 14.4 Å². The highest BCUT2D eigenvalue weighted by Crippen LogP contribution is 2.41. The van der Waals surface area contributed by atoms with Gasteiger partial charge in [-0.3, -0.25) is 14.4 Å². The van der Waals surface area contributed by atoms with Crippen molar-refractivity contribution in [3.8, 4) is 0 Å². The van der Waals surface area contributed by atoms with Gasteiger partial charge in [-0.1, -0.05) is 6.42 Å². The molecular formula is C12H20N2O4. The summed E-state index contributed by atoms with van der Waals surface area (Å²) in [5.41, 5.74) is -2.04. The molecule has 0 aromatic rings. The first kappa shape index (κ1) is 14.5. The van der Waals surface area contributed by atoms with Gasteiger partial charge in [0.05, 0.1) is 5.41 Å². The monoisotopic (exact) mass is 256 g/mol. The molecule has 102 valence electrons. The maximum Gasteiger partial charge on any atom is 0.319 e. The van der Waals surface area contributed by atoms with E-state index in [1.54, 1.807) is 13.8 Å². The molecule has 0 aromatic heterocycles. The van der Waals surface area contributed by atoms with E-state index >= 15 is 0 Å². The third-order valence-electron chi connectivity index (χ3n) is 3.58. The molecule has 1 fully saturated rings. The Bertz CT molecular complexity index is 372. The van der Waals surface area contributed by atoms with Gasteiger partial charge >= 0.3 is 5.97 Å². The number of rotatable bonds is 5. The van der Waals surface area contributed by atoms with Crippen molar-refractivity contribution < 1.29 is 19.5 Å². The van der Waals surface area contributed by atoms with Crippen molar-refractivity contribution in [2.24, 2.45) is 10.8 Å². The second-order valence-corrected chi connectivity index (χ2v) is 5.39. The minimum atomic E-state index is -1.28. The summed E-state index contributed by atoms with van der Waals surface area (Å²) in [6.07, 6.45) is 1.49. The van der Waals surface area contributed by atoms with E-state index in [9.17, 15) is 14.4 Å². The van der Waals surface area contributed by atoms with Crippen LogP contribution in [0.1, 0.15) is 33.1 Å². The van der Waals surface area contributed by atoms with Crippen LogP contribution >= 0.6 is 0 Å². The number of carbonyl (C=O) groups excluding carboxylic acids is 2. The number of nitrogens with one attached hydrogen (secondary N) is 2. The predicted octanol–water partition coefficient (Wildman–Crippen LogP) is 0.130. The number of hydrogen-bond acceptors (Lipinski definition) is 3. The van der Waals surface area contributed by atoms with E-state index in [0.29, 0.717) is 12.8 Å². The van der Waals surface area contributed by atoms with Crippen LogP contribution in [0.3, 0.4) is 0 Å². The van der Waals surface area contributed by atoms with Gasteiger partial charge in [0.1, 0.15) is 5.41 Å². The molecule has 1 aliphatic rings. The van der Waals surface area contributed by atoms with Crippen LogP contribution in [0.25, 0.3) is 0 Å². The van der Waals surface area contributed by atoms with Gasteiger partial charge in [-0.2, -0.15) is 0 Å². The predicted molar refractivity (Wildman–Crippen MR) is 64.8 cm³/mol. The zero-order valence-electron chi connectivity index (χ0n) is 11.0. The fourth-order valence-corrected chi connectivity index (χ4v) is 1.96. The molecule has 0 atom stereocenters. The van der Waals surface area contributed by atoms with Crippen LogP contribution in [-0.4, -0.2) is 36.5 Å². The van der Waals surface area contributed by atoms with Crippen molar-refractivity contribution in [2.75, 3.05) is 13.6 Å². The molecule has 0 spiro atoms. The van der Waals surface area contributed by atoms with Gasteiger partial charge < -0.3 is 15.7 Å². The molecule has 2 amide bonds. The molecule has 1 saturated carbocycles. The molecule has 0 radical (unpaired) electrons.